The molecule has 3 rings (SSSR count). The number of benzene rings is 2. The van der Waals surface area contributed by atoms with Crippen LogP contribution in [-0.2, 0) is 0 Å². The third kappa shape index (κ3) is 3.30. The van der Waals surface area contributed by atoms with Crippen molar-refractivity contribution in [2.45, 2.75) is 19.0 Å². The van der Waals surface area contributed by atoms with Gasteiger partial charge in [-0.3, -0.25) is 0 Å². The number of para-hydroxylation sites is 1. The van der Waals surface area contributed by atoms with Crippen molar-refractivity contribution < 1.29 is 0 Å². The summed E-state index contributed by atoms with van der Waals surface area (Å²) in [5.74, 6) is 0. The van der Waals surface area contributed by atoms with E-state index in [4.69, 9.17) is 0 Å². The largest absolute Gasteiger partial charge is 0.375 e. The van der Waals surface area contributed by atoms with Gasteiger partial charge in [0.25, 0.3) is 0 Å². The van der Waals surface area contributed by atoms with Gasteiger partial charge in [-0.1, -0.05) is 42.5 Å². The van der Waals surface area contributed by atoms with E-state index in [0.717, 1.165) is 5.69 Å². The minimum absolute atomic E-state index is 0.110. The minimum Gasteiger partial charge on any atom is -0.375 e. The van der Waals surface area contributed by atoms with Crippen LogP contribution in [0.15, 0.2) is 67.3 Å². The zero-order chi connectivity index (χ0) is 15.4. The van der Waals surface area contributed by atoms with Crippen LogP contribution in [0.2, 0.25) is 0 Å². The molecule has 0 fully saturated rings. The first-order valence-corrected chi connectivity index (χ1v) is 8.23. The number of hydrogen-bond donors (Lipinski definition) is 1. The Morgan fingerprint density at radius 3 is 2.45 bits per heavy atom. The Morgan fingerprint density at radius 1 is 1.05 bits per heavy atom. The molecule has 0 aliphatic carbocycles. The summed E-state index contributed by atoms with van der Waals surface area (Å²) in [7, 11) is 0. The standard InChI is InChI=1S/C17H17IN4/c1-13(22-12-19-11-20-22)17(14-7-3-2-4-8-14)21-16-10-6-5-9-15(16)18/h2-13,17,21H,1H3. The molecule has 0 radical (unpaired) electrons. The van der Waals surface area contributed by atoms with Gasteiger partial charge in [-0.2, -0.15) is 5.10 Å². The second-order valence-electron chi connectivity index (χ2n) is 5.13. The van der Waals surface area contributed by atoms with Gasteiger partial charge in [0.1, 0.15) is 12.7 Å². The summed E-state index contributed by atoms with van der Waals surface area (Å²) in [4.78, 5) is 4.07. The van der Waals surface area contributed by atoms with Crippen LogP contribution in [0.25, 0.3) is 0 Å². The molecule has 0 aliphatic rings. The highest BCUT2D eigenvalue weighted by molar-refractivity contribution is 14.1. The molecule has 2 aromatic carbocycles. The molecule has 4 nitrogen and oxygen atoms in total. The highest BCUT2D eigenvalue weighted by atomic mass is 127. The third-order valence-corrected chi connectivity index (χ3v) is 4.62. The molecule has 5 heteroatoms. The van der Waals surface area contributed by atoms with E-state index in [1.165, 1.54) is 9.13 Å². The van der Waals surface area contributed by atoms with Crippen molar-refractivity contribution in [1.82, 2.24) is 14.8 Å². The molecule has 1 heterocycles. The number of hydrogen-bond acceptors (Lipinski definition) is 3. The SMILES string of the molecule is CC(C(Nc1ccccc1I)c1ccccc1)n1cncn1. The monoisotopic (exact) mass is 404 g/mol. The molecule has 0 saturated carbocycles. The Kier molecular flexibility index (Phi) is 4.72. The van der Waals surface area contributed by atoms with E-state index in [1.54, 1.807) is 12.7 Å². The molecule has 0 saturated heterocycles. The first-order chi connectivity index (χ1) is 10.8. The maximum absolute atomic E-state index is 4.29. The summed E-state index contributed by atoms with van der Waals surface area (Å²) in [6, 6.07) is 19.0. The Bertz CT molecular complexity index is 713. The molecular weight excluding hydrogens is 387 g/mol. The fourth-order valence-corrected chi connectivity index (χ4v) is 3.01. The van der Waals surface area contributed by atoms with Crippen LogP contribution >= 0.6 is 22.6 Å². The van der Waals surface area contributed by atoms with Crippen LogP contribution < -0.4 is 5.32 Å². The lowest BCUT2D eigenvalue weighted by molar-refractivity contribution is 0.433. The van der Waals surface area contributed by atoms with Gasteiger partial charge < -0.3 is 5.32 Å². The maximum Gasteiger partial charge on any atom is 0.137 e. The van der Waals surface area contributed by atoms with Crippen molar-refractivity contribution in [3.05, 3.63) is 76.4 Å². The first-order valence-electron chi connectivity index (χ1n) is 7.16. The predicted molar refractivity (Wildman–Crippen MR) is 96.7 cm³/mol. The normalized spacial score (nSPS) is 13.5. The maximum atomic E-state index is 4.29. The van der Waals surface area contributed by atoms with Gasteiger partial charge in [0, 0.05) is 9.26 Å². The summed E-state index contributed by atoms with van der Waals surface area (Å²) in [5, 5.41) is 7.95. The molecule has 112 valence electrons. The lowest BCUT2D eigenvalue weighted by atomic mass is 10.00. The van der Waals surface area contributed by atoms with E-state index in [-0.39, 0.29) is 12.1 Å². The van der Waals surface area contributed by atoms with Crippen molar-refractivity contribution in [3.63, 3.8) is 0 Å². The van der Waals surface area contributed by atoms with Crippen molar-refractivity contribution in [2.24, 2.45) is 0 Å². The third-order valence-electron chi connectivity index (χ3n) is 3.68. The van der Waals surface area contributed by atoms with Gasteiger partial charge in [-0.25, -0.2) is 9.67 Å². The summed E-state index contributed by atoms with van der Waals surface area (Å²) < 4.78 is 3.09. The molecule has 1 N–H and O–H groups in total. The van der Waals surface area contributed by atoms with Crippen molar-refractivity contribution in [3.8, 4) is 0 Å². The van der Waals surface area contributed by atoms with Gasteiger partial charge >= 0.3 is 0 Å². The molecule has 0 amide bonds. The smallest absolute Gasteiger partial charge is 0.137 e. The Labute approximate surface area is 143 Å². The fourth-order valence-electron chi connectivity index (χ4n) is 2.47. The number of nitrogens with one attached hydrogen (secondary N) is 1. The van der Waals surface area contributed by atoms with Crippen LogP contribution in [-0.4, -0.2) is 14.8 Å². The molecular formula is C17H17IN4. The Morgan fingerprint density at radius 2 is 1.77 bits per heavy atom. The molecule has 2 unspecified atom stereocenters. The second-order valence-corrected chi connectivity index (χ2v) is 6.29. The number of aromatic nitrogens is 3. The first kappa shape index (κ1) is 15.0. The van der Waals surface area contributed by atoms with Crippen molar-refractivity contribution >= 4 is 28.3 Å². The van der Waals surface area contributed by atoms with Gasteiger partial charge in [0.05, 0.1) is 12.1 Å². The zero-order valence-corrected chi connectivity index (χ0v) is 14.4. The van der Waals surface area contributed by atoms with E-state index in [1.807, 2.05) is 22.9 Å². The van der Waals surface area contributed by atoms with Crippen molar-refractivity contribution in [1.29, 1.82) is 0 Å². The van der Waals surface area contributed by atoms with Gasteiger partial charge in [-0.15, -0.1) is 0 Å². The van der Waals surface area contributed by atoms with Crippen LogP contribution in [0, 0.1) is 3.57 Å². The van der Waals surface area contributed by atoms with Crippen LogP contribution in [0.5, 0.6) is 0 Å². The van der Waals surface area contributed by atoms with E-state index in [2.05, 4.69) is 81.3 Å². The summed E-state index contributed by atoms with van der Waals surface area (Å²) in [6.07, 6.45) is 3.34. The van der Waals surface area contributed by atoms with E-state index < -0.39 is 0 Å². The van der Waals surface area contributed by atoms with Crippen molar-refractivity contribution in [2.75, 3.05) is 5.32 Å². The second kappa shape index (κ2) is 6.91. The molecule has 0 spiro atoms. The number of nitrogens with zero attached hydrogens (tertiary/aromatic N) is 3. The van der Waals surface area contributed by atoms with Gasteiger partial charge in [-0.05, 0) is 47.2 Å². The van der Waals surface area contributed by atoms with Crippen LogP contribution in [0.4, 0.5) is 5.69 Å². The predicted octanol–water partition coefficient (Wildman–Crippen LogP) is 4.30. The summed E-state index contributed by atoms with van der Waals surface area (Å²) in [6.45, 7) is 2.15. The van der Waals surface area contributed by atoms with Gasteiger partial charge in [0.15, 0.2) is 0 Å². The number of anilines is 1. The number of halogens is 1. The highest BCUT2D eigenvalue weighted by Crippen LogP contribution is 2.31. The zero-order valence-electron chi connectivity index (χ0n) is 12.2. The Balaban J connectivity index is 1.95. The topological polar surface area (TPSA) is 42.7 Å². The number of rotatable bonds is 5. The average molecular weight is 404 g/mol. The average Bonchev–Trinajstić information content (AvgIpc) is 3.09. The van der Waals surface area contributed by atoms with Gasteiger partial charge in [0.2, 0.25) is 0 Å². The molecule has 1 aromatic heterocycles. The quantitative estimate of drug-likeness (QED) is 0.645. The highest BCUT2D eigenvalue weighted by Gasteiger charge is 2.21. The van der Waals surface area contributed by atoms with E-state index >= 15 is 0 Å². The molecule has 0 aliphatic heterocycles. The minimum atomic E-state index is 0.110. The fraction of sp³-hybridized carbons (Fsp3) is 0.176. The molecule has 0 bridgehead atoms. The lowest BCUT2D eigenvalue weighted by Crippen LogP contribution is -2.23. The van der Waals surface area contributed by atoms with E-state index in [9.17, 15) is 0 Å². The molecule has 3 aromatic rings. The Hall–Kier alpha value is -1.89. The van der Waals surface area contributed by atoms with Crippen LogP contribution in [0.1, 0.15) is 24.6 Å². The molecule has 22 heavy (non-hydrogen) atoms. The molecule has 2 atom stereocenters. The van der Waals surface area contributed by atoms with E-state index in [0.29, 0.717) is 0 Å². The summed E-state index contributed by atoms with van der Waals surface area (Å²) in [5.41, 5.74) is 2.36. The lowest BCUT2D eigenvalue weighted by Gasteiger charge is -2.27. The van der Waals surface area contributed by atoms with Crippen LogP contribution in [0.3, 0.4) is 0 Å². The summed E-state index contributed by atoms with van der Waals surface area (Å²) >= 11 is 2.35.